The molecule has 8 heteroatoms. The number of ether oxygens (including phenoxy) is 1. The van der Waals surface area contributed by atoms with Gasteiger partial charge in [-0.25, -0.2) is 0 Å². The first kappa shape index (κ1) is 19.6. The Labute approximate surface area is 160 Å². The van der Waals surface area contributed by atoms with Crippen molar-refractivity contribution in [2.45, 2.75) is 50.4 Å². The standard InChI is InChI=1S/C18H28N4O3.ClH/c1-24-12-18(6-8-19-9-7-18)17(23)22-10-2-3-14(11-22)15-20-16(25-21-15)13-4-5-13;/h13-14,19H,2-12H2,1H3;1H. The van der Waals surface area contributed by atoms with Crippen molar-refractivity contribution in [3.8, 4) is 0 Å². The number of methoxy groups -OCH3 is 1. The Bertz CT molecular complexity index is 608. The Kier molecular flexibility index (Phi) is 6.20. The molecule has 146 valence electrons. The van der Waals surface area contributed by atoms with Gasteiger partial charge in [-0.05, 0) is 51.6 Å². The van der Waals surface area contributed by atoms with E-state index >= 15 is 0 Å². The van der Waals surface area contributed by atoms with E-state index in [-0.39, 0.29) is 29.6 Å². The highest BCUT2D eigenvalue weighted by Gasteiger charge is 2.43. The quantitative estimate of drug-likeness (QED) is 0.837. The number of likely N-dealkylation sites (tertiary alicyclic amines) is 1. The highest BCUT2D eigenvalue weighted by atomic mass is 35.5. The second kappa shape index (κ2) is 8.23. The van der Waals surface area contributed by atoms with Gasteiger partial charge >= 0.3 is 0 Å². The molecule has 0 aromatic carbocycles. The number of nitrogens with zero attached hydrogens (tertiary/aromatic N) is 3. The van der Waals surface area contributed by atoms with Crippen molar-refractivity contribution in [1.82, 2.24) is 20.4 Å². The zero-order valence-electron chi connectivity index (χ0n) is 15.4. The molecule has 0 spiro atoms. The molecule has 1 aromatic rings. The molecule has 7 nitrogen and oxygen atoms in total. The molecule has 1 N–H and O–H groups in total. The van der Waals surface area contributed by atoms with Crippen LogP contribution >= 0.6 is 12.4 Å². The van der Waals surface area contributed by atoms with Crippen LogP contribution in [0.4, 0.5) is 0 Å². The Hall–Kier alpha value is -1.18. The van der Waals surface area contributed by atoms with Crippen LogP contribution in [0.2, 0.25) is 0 Å². The second-order valence-electron chi connectivity index (χ2n) is 7.82. The van der Waals surface area contributed by atoms with Crippen LogP contribution in [-0.2, 0) is 9.53 Å². The number of carbonyl (C=O) groups excluding carboxylic acids is 1. The molecule has 1 saturated carbocycles. The van der Waals surface area contributed by atoms with Crippen molar-refractivity contribution in [1.29, 1.82) is 0 Å². The van der Waals surface area contributed by atoms with Gasteiger partial charge in [-0.15, -0.1) is 12.4 Å². The van der Waals surface area contributed by atoms with Gasteiger partial charge in [0.2, 0.25) is 11.8 Å². The third kappa shape index (κ3) is 3.89. The summed E-state index contributed by atoms with van der Waals surface area (Å²) >= 11 is 0. The predicted molar refractivity (Wildman–Crippen MR) is 98.5 cm³/mol. The Balaban J connectivity index is 0.00000196. The van der Waals surface area contributed by atoms with Crippen LogP contribution in [0.25, 0.3) is 0 Å². The Morgan fingerprint density at radius 3 is 2.77 bits per heavy atom. The smallest absolute Gasteiger partial charge is 0.231 e. The average molecular weight is 385 g/mol. The number of nitrogens with one attached hydrogen (secondary N) is 1. The number of hydrogen-bond acceptors (Lipinski definition) is 6. The highest BCUT2D eigenvalue weighted by Crippen LogP contribution is 2.40. The minimum Gasteiger partial charge on any atom is -0.384 e. The number of amides is 1. The lowest BCUT2D eigenvalue weighted by atomic mass is 9.77. The largest absolute Gasteiger partial charge is 0.384 e. The molecule has 0 radical (unpaired) electrons. The van der Waals surface area contributed by atoms with E-state index in [4.69, 9.17) is 9.26 Å². The summed E-state index contributed by atoms with van der Waals surface area (Å²) in [5, 5.41) is 7.55. The summed E-state index contributed by atoms with van der Waals surface area (Å²) in [7, 11) is 1.69. The molecule has 2 saturated heterocycles. The number of rotatable bonds is 5. The Morgan fingerprint density at radius 2 is 2.08 bits per heavy atom. The van der Waals surface area contributed by atoms with Gasteiger partial charge in [-0.2, -0.15) is 4.98 Å². The molecule has 1 amide bonds. The van der Waals surface area contributed by atoms with Crippen molar-refractivity contribution in [3.05, 3.63) is 11.7 Å². The van der Waals surface area contributed by atoms with Gasteiger partial charge in [0, 0.05) is 32.0 Å². The summed E-state index contributed by atoms with van der Waals surface area (Å²) in [5.41, 5.74) is -0.377. The van der Waals surface area contributed by atoms with Crippen molar-refractivity contribution in [2.75, 3.05) is 39.9 Å². The fourth-order valence-corrected chi connectivity index (χ4v) is 4.22. The maximum atomic E-state index is 13.3. The Morgan fingerprint density at radius 1 is 1.31 bits per heavy atom. The van der Waals surface area contributed by atoms with Crippen molar-refractivity contribution >= 4 is 18.3 Å². The van der Waals surface area contributed by atoms with Crippen molar-refractivity contribution in [3.63, 3.8) is 0 Å². The lowest BCUT2D eigenvalue weighted by molar-refractivity contribution is -0.149. The van der Waals surface area contributed by atoms with E-state index in [0.29, 0.717) is 19.1 Å². The van der Waals surface area contributed by atoms with Crippen molar-refractivity contribution in [2.24, 2.45) is 5.41 Å². The summed E-state index contributed by atoms with van der Waals surface area (Å²) in [5.74, 6) is 2.47. The molecule has 1 aromatic heterocycles. The molecule has 4 rings (SSSR count). The summed E-state index contributed by atoms with van der Waals surface area (Å²) in [6.45, 7) is 3.77. The molecular weight excluding hydrogens is 356 g/mol. The minimum atomic E-state index is -0.377. The second-order valence-corrected chi connectivity index (χ2v) is 7.82. The van der Waals surface area contributed by atoms with E-state index in [1.807, 2.05) is 4.90 Å². The monoisotopic (exact) mass is 384 g/mol. The van der Waals surface area contributed by atoms with Crippen LogP contribution in [0.3, 0.4) is 0 Å². The van der Waals surface area contributed by atoms with E-state index < -0.39 is 0 Å². The van der Waals surface area contributed by atoms with Crippen LogP contribution in [0.1, 0.15) is 62.1 Å². The van der Waals surface area contributed by atoms with Crippen LogP contribution in [0.5, 0.6) is 0 Å². The molecule has 26 heavy (non-hydrogen) atoms. The number of piperidine rings is 2. The molecular formula is C18H29ClN4O3. The fraction of sp³-hybridized carbons (Fsp3) is 0.833. The topological polar surface area (TPSA) is 80.5 Å². The maximum absolute atomic E-state index is 13.3. The van der Waals surface area contributed by atoms with Crippen LogP contribution in [0, 0.1) is 5.41 Å². The number of aromatic nitrogens is 2. The summed E-state index contributed by atoms with van der Waals surface area (Å²) in [6, 6.07) is 0. The summed E-state index contributed by atoms with van der Waals surface area (Å²) < 4.78 is 10.8. The molecule has 1 unspecified atom stereocenters. The SMILES string of the molecule is COCC1(C(=O)N2CCCC(c3noc(C4CC4)n3)C2)CCNCC1.Cl. The average Bonchev–Trinajstić information content (AvgIpc) is 3.39. The van der Waals surface area contributed by atoms with Crippen LogP contribution in [-0.4, -0.2) is 60.8 Å². The van der Waals surface area contributed by atoms with Gasteiger partial charge in [-0.3, -0.25) is 4.79 Å². The van der Waals surface area contributed by atoms with E-state index in [1.165, 1.54) is 0 Å². The van der Waals surface area contributed by atoms with Gasteiger partial charge in [0.05, 0.1) is 12.0 Å². The third-order valence-electron chi connectivity index (χ3n) is 5.89. The number of carbonyl (C=O) groups is 1. The lowest BCUT2D eigenvalue weighted by Crippen LogP contribution is -2.53. The van der Waals surface area contributed by atoms with E-state index in [1.54, 1.807) is 7.11 Å². The zero-order valence-corrected chi connectivity index (χ0v) is 16.2. The number of halogens is 1. The molecule has 1 atom stereocenters. The van der Waals surface area contributed by atoms with Crippen LogP contribution in [0.15, 0.2) is 4.52 Å². The van der Waals surface area contributed by atoms with Gasteiger partial charge in [0.1, 0.15) is 0 Å². The highest BCUT2D eigenvalue weighted by molar-refractivity contribution is 5.85. The first-order chi connectivity index (χ1) is 12.2. The summed E-state index contributed by atoms with van der Waals surface area (Å²) in [6.07, 6.45) is 6.01. The van der Waals surface area contributed by atoms with Gasteiger partial charge in [0.15, 0.2) is 5.82 Å². The lowest BCUT2D eigenvalue weighted by Gasteiger charge is -2.42. The van der Waals surface area contributed by atoms with Gasteiger partial charge < -0.3 is 19.5 Å². The molecule has 1 aliphatic carbocycles. The van der Waals surface area contributed by atoms with E-state index in [2.05, 4.69) is 15.5 Å². The third-order valence-corrected chi connectivity index (χ3v) is 5.89. The maximum Gasteiger partial charge on any atom is 0.231 e. The number of hydrogen-bond donors (Lipinski definition) is 1. The zero-order chi connectivity index (χ0) is 17.3. The molecule has 2 aliphatic heterocycles. The molecule has 0 bridgehead atoms. The first-order valence-electron chi connectivity index (χ1n) is 9.54. The normalized spacial score (nSPS) is 25.6. The van der Waals surface area contributed by atoms with Gasteiger partial charge in [0.25, 0.3) is 0 Å². The predicted octanol–water partition coefficient (Wildman–Crippen LogP) is 2.09. The fourth-order valence-electron chi connectivity index (χ4n) is 4.22. The minimum absolute atomic E-state index is 0. The van der Waals surface area contributed by atoms with Gasteiger partial charge in [-0.1, -0.05) is 5.16 Å². The first-order valence-corrected chi connectivity index (χ1v) is 9.54. The molecule has 3 heterocycles. The van der Waals surface area contributed by atoms with E-state index in [9.17, 15) is 4.79 Å². The molecule has 3 fully saturated rings. The summed E-state index contributed by atoms with van der Waals surface area (Å²) in [4.78, 5) is 19.9. The van der Waals surface area contributed by atoms with E-state index in [0.717, 1.165) is 69.9 Å². The van der Waals surface area contributed by atoms with Crippen molar-refractivity contribution < 1.29 is 14.1 Å². The van der Waals surface area contributed by atoms with Crippen LogP contribution < -0.4 is 5.32 Å². The molecule has 3 aliphatic rings.